The van der Waals surface area contributed by atoms with E-state index in [9.17, 15) is 0 Å². The fraction of sp³-hybridized carbons (Fsp3) is 0.200. The number of hydrogen-bond acceptors (Lipinski definition) is 1. The third-order valence-corrected chi connectivity index (χ3v) is 2.50. The second kappa shape index (κ2) is 2.11. The zero-order valence-electron chi connectivity index (χ0n) is 6.72. The number of H-pyrrole nitrogens is 1. The van der Waals surface area contributed by atoms with Gasteiger partial charge >= 0.3 is 0 Å². The Labute approximate surface area is 70.6 Å². The van der Waals surface area contributed by atoms with Crippen molar-refractivity contribution in [2.24, 2.45) is 0 Å². The van der Waals surface area contributed by atoms with Crippen LogP contribution in [0.4, 0.5) is 0 Å². The van der Waals surface area contributed by atoms with Gasteiger partial charge < -0.3 is 10.3 Å². The van der Waals surface area contributed by atoms with Crippen LogP contribution >= 0.6 is 0 Å². The molecule has 1 aromatic heterocycles. The summed E-state index contributed by atoms with van der Waals surface area (Å²) in [6.07, 6.45) is 2.10. The lowest BCUT2D eigenvalue weighted by Crippen LogP contribution is -2.16. The van der Waals surface area contributed by atoms with E-state index in [-0.39, 0.29) is 0 Å². The number of aromatic amines is 1. The normalized spacial score (nSPS) is 15.3. The van der Waals surface area contributed by atoms with Crippen molar-refractivity contribution in [1.82, 2.24) is 10.3 Å². The predicted octanol–water partition coefficient (Wildman–Crippen LogP) is 1.77. The second-order valence-corrected chi connectivity index (χ2v) is 3.26. The summed E-state index contributed by atoms with van der Waals surface area (Å²) in [6, 6.07) is 6.42. The van der Waals surface area contributed by atoms with Crippen LogP contribution in [-0.2, 0) is 13.1 Å². The van der Waals surface area contributed by atoms with Gasteiger partial charge in [-0.1, -0.05) is 12.1 Å². The first-order chi connectivity index (χ1) is 5.95. The van der Waals surface area contributed by atoms with Crippen LogP contribution in [0.2, 0.25) is 0 Å². The maximum absolute atomic E-state index is 3.37. The average Bonchev–Trinajstić information content (AvgIpc) is 2.52. The van der Waals surface area contributed by atoms with Crippen molar-refractivity contribution in [3.63, 3.8) is 0 Å². The highest BCUT2D eigenvalue weighted by Crippen LogP contribution is 2.25. The number of nitrogens with one attached hydrogen (secondary N) is 2. The molecule has 3 rings (SSSR count). The van der Waals surface area contributed by atoms with E-state index in [4.69, 9.17) is 0 Å². The van der Waals surface area contributed by atoms with Crippen LogP contribution in [0.5, 0.6) is 0 Å². The van der Waals surface area contributed by atoms with Gasteiger partial charge in [-0.3, -0.25) is 0 Å². The highest BCUT2D eigenvalue weighted by Gasteiger charge is 2.11. The van der Waals surface area contributed by atoms with E-state index in [1.54, 1.807) is 0 Å². The lowest BCUT2D eigenvalue weighted by Gasteiger charge is -2.12. The molecule has 0 saturated carbocycles. The Morgan fingerprint density at radius 3 is 3.00 bits per heavy atom. The van der Waals surface area contributed by atoms with Crippen molar-refractivity contribution in [2.75, 3.05) is 0 Å². The molecule has 2 heterocycles. The zero-order chi connectivity index (χ0) is 7.97. The van der Waals surface area contributed by atoms with Gasteiger partial charge in [0.2, 0.25) is 0 Å². The van der Waals surface area contributed by atoms with E-state index in [0.717, 1.165) is 13.1 Å². The standard InChI is InChI=1S/C10H10N2/c1-2-7-4-11-5-8-6-12-9(3-1)10(7)8/h1-3,6,11-12H,4-5H2. The van der Waals surface area contributed by atoms with Gasteiger partial charge in [0.1, 0.15) is 0 Å². The Morgan fingerprint density at radius 2 is 2.00 bits per heavy atom. The van der Waals surface area contributed by atoms with Crippen LogP contribution in [0.15, 0.2) is 24.4 Å². The van der Waals surface area contributed by atoms with E-state index in [1.807, 2.05) is 0 Å². The summed E-state index contributed by atoms with van der Waals surface area (Å²) >= 11 is 0. The van der Waals surface area contributed by atoms with E-state index in [0.29, 0.717) is 0 Å². The van der Waals surface area contributed by atoms with Gasteiger partial charge in [0.05, 0.1) is 0 Å². The summed E-state index contributed by atoms with van der Waals surface area (Å²) in [7, 11) is 0. The molecule has 0 fully saturated rings. The van der Waals surface area contributed by atoms with Crippen LogP contribution in [-0.4, -0.2) is 4.98 Å². The summed E-state index contributed by atoms with van der Waals surface area (Å²) in [5, 5.41) is 4.79. The number of aromatic nitrogens is 1. The predicted molar refractivity (Wildman–Crippen MR) is 48.8 cm³/mol. The Hall–Kier alpha value is -1.28. The highest BCUT2D eigenvalue weighted by molar-refractivity contribution is 5.87. The molecule has 0 spiro atoms. The van der Waals surface area contributed by atoms with E-state index >= 15 is 0 Å². The van der Waals surface area contributed by atoms with Crippen molar-refractivity contribution in [1.29, 1.82) is 0 Å². The molecule has 2 N–H and O–H groups in total. The van der Waals surface area contributed by atoms with E-state index in [1.165, 1.54) is 22.0 Å². The lowest BCUT2D eigenvalue weighted by atomic mass is 10.0. The molecule has 60 valence electrons. The molecule has 0 amide bonds. The lowest BCUT2D eigenvalue weighted by molar-refractivity contribution is 0.684. The number of hydrogen-bond donors (Lipinski definition) is 2. The van der Waals surface area contributed by atoms with E-state index in [2.05, 4.69) is 34.7 Å². The van der Waals surface area contributed by atoms with Crippen molar-refractivity contribution in [2.45, 2.75) is 13.1 Å². The molecule has 2 heteroatoms. The smallest absolute Gasteiger partial charge is 0.0460 e. The molecule has 1 aliphatic heterocycles. The van der Waals surface area contributed by atoms with Gasteiger partial charge in [-0.2, -0.15) is 0 Å². The molecular weight excluding hydrogens is 148 g/mol. The molecule has 1 aliphatic rings. The molecule has 0 radical (unpaired) electrons. The van der Waals surface area contributed by atoms with Gasteiger partial charge in [-0.05, 0) is 17.2 Å². The Morgan fingerprint density at radius 1 is 1.08 bits per heavy atom. The molecule has 0 bridgehead atoms. The van der Waals surface area contributed by atoms with Crippen molar-refractivity contribution in [3.8, 4) is 0 Å². The van der Waals surface area contributed by atoms with Crippen LogP contribution in [0.1, 0.15) is 11.1 Å². The molecule has 0 atom stereocenters. The van der Waals surface area contributed by atoms with Crippen LogP contribution in [0.25, 0.3) is 10.9 Å². The van der Waals surface area contributed by atoms with Gasteiger partial charge in [0, 0.05) is 30.2 Å². The van der Waals surface area contributed by atoms with Crippen LogP contribution in [0, 0.1) is 0 Å². The maximum atomic E-state index is 3.37. The van der Waals surface area contributed by atoms with Crippen LogP contribution < -0.4 is 5.32 Å². The first-order valence-corrected chi connectivity index (χ1v) is 4.24. The maximum Gasteiger partial charge on any atom is 0.0460 e. The first kappa shape index (κ1) is 6.26. The fourth-order valence-corrected chi connectivity index (χ4v) is 1.96. The first-order valence-electron chi connectivity index (χ1n) is 4.24. The number of rotatable bonds is 0. The van der Waals surface area contributed by atoms with Crippen molar-refractivity contribution < 1.29 is 0 Å². The summed E-state index contributed by atoms with van der Waals surface area (Å²) in [6.45, 7) is 2.00. The summed E-state index contributed by atoms with van der Waals surface area (Å²) in [4.78, 5) is 3.28. The quantitative estimate of drug-likeness (QED) is 0.601. The minimum atomic E-state index is 0.997. The monoisotopic (exact) mass is 158 g/mol. The Kier molecular flexibility index (Phi) is 1.10. The minimum absolute atomic E-state index is 0.997. The molecule has 2 aromatic rings. The number of benzene rings is 1. The minimum Gasteiger partial charge on any atom is -0.361 e. The molecule has 2 nitrogen and oxygen atoms in total. The molecule has 1 aromatic carbocycles. The zero-order valence-corrected chi connectivity index (χ0v) is 6.72. The highest BCUT2D eigenvalue weighted by atomic mass is 14.9. The Bertz CT molecular complexity index is 428. The van der Waals surface area contributed by atoms with Crippen LogP contribution in [0.3, 0.4) is 0 Å². The van der Waals surface area contributed by atoms with Crippen molar-refractivity contribution in [3.05, 3.63) is 35.5 Å². The molecule has 12 heavy (non-hydrogen) atoms. The second-order valence-electron chi connectivity index (χ2n) is 3.26. The largest absolute Gasteiger partial charge is 0.361 e. The topological polar surface area (TPSA) is 27.8 Å². The SMILES string of the molecule is c1cc2c3c(c[nH]c3c1)CNC2. The molecular formula is C10H10N2. The summed E-state index contributed by atoms with van der Waals surface area (Å²) in [5.74, 6) is 0. The van der Waals surface area contributed by atoms with Crippen molar-refractivity contribution >= 4 is 10.9 Å². The van der Waals surface area contributed by atoms with Gasteiger partial charge in [-0.15, -0.1) is 0 Å². The van der Waals surface area contributed by atoms with E-state index < -0.39 is 0 Å². The Balaban J connectivity index is 2.50. The fourth-order valence-electron chi connectivity index (χ4n) is 1.96. The van der Waals surface area contributed by atoms with Gasteiger partial charge in [-0.25, -0.2) is 0 Å². The molecule has 0 saturated heterocycles. The third kappa shape index (κ3) is 0.676. The summed E-state index contributed by atoms with van der Waals surface area (Å²) in [5.41, 5.74) is 4.07. The molecule has 0 aliphatic carbocycles. The van der Waals surface area contributed by atoms with Gasteiger partial charge in [0.15, 0.2) is 0 Å². The summed E-state index contributed by atoms with van der Waals surface area (Å²) < 4.78 is 0. The molecule has 0 unspecified atom stereocenters. The average molecular weight is 158 g/mol. The van der Waals surface area contributed by atoms with Gasteiger partial charge in [0.25, 0.3) is 0 Å². The third-order valence-electron chi connectivity index (χ3n) is 2.50.